The minimum atomic E-state index is -0.621. The van der Waals surface area contributed by atoms with Crippen LogP contribution in [0.4, 0.5) is 0 Å². The Labute approximate surface area is 193 Å². The van der Waals surface area contributed by atoms with E-state index >= 15 is 0 Å². The molecule has 1 unspecified atom stereocenters. The zero-order chi connectivity index (χ0) is 23.0. The van der Waals surface area contributed by atoms with E-state index in [9.17, 15) is 10.1 Å². The Morgan fingerprint density at radius 1 is 1.06 bits per heavy atom. The van der Waals surface area contributed by atoms with Crippen molar-refractivity contribution in [1.82, 2.24) is 0 Å². The summed E-state index contributed by atoms with van der Waals surface area (Å²) in [6.45, 7) is 6.58. The minimum absolute atomic E-state index is 0.218. The van der Waals surface area contributed by atoms with Crippen molar-refractivity contribution in [3.63, 3.8) is 0 Å². The second-order valence-electron chi connectivity index (χ2n) is 9.49. The number of ether oxygens (including phenoxy) is 1. The highest BCUT2D eigenvalue weighted by atomic mass is 16.5. The quantitative estimate of drug-likeness (QED) is 0.309. The Morgan fingerprint density at radius 2 is 1.75 bits per heavy atom. The second kappa shape index (κ2) is 11.3. The third-order valence-corrected chi connectivity index (χ3v) is 7.07. The molecule has 0 amide bonds. The molecule has 3 nitrogen and oxygen atoms in total. The lowest BCUT2D eigenvalue weighted by Gasteiger charge is -2.35. The van der Waals surface area contributed by atoms with Gasteiger partial charge in [0.2, 0.25) is 0 Å². The molecule has 0 bridgehead atoms. The van der Waals surface area contributed by atoms with E-state index in [2.05, 4.69) is 51.1 Å². The predicted molar refractivity (Wildman–Crippen MR) is 130 cm³/mol. The number of nitriles is 1. The van der Waals surface area contributed by atoms with Crippen molar-refractivity contribution in [2.75, 3.05) is 0 Å². The van der Waals surface area contributed by atoms with E-state index in [0.29, 0.717) is 17.2 Å². The van der Waals surface area contributed by atoms with Gasteiger partial charge in [-0.2, -0.15) is 5.26 Å². The Morgan fingerprint density at radius 3 is 2.38 bits per heavy atom. The first-order valence-corrected chi connectivity index (χ1v) is 12.4. The Hall–Kier alpha value is -2.60. The number of carbonyl (C=O) groups excluding carboxylic acids is 1. The maximum absolute atomic E-state index is 13.6. The monoisotopic (exact) mass is 431 g/mol. The second-order valence-corrected chi connectivity index (χ2v) is 9.49. The highest BCUT2D eigenvalue weighted by Gasteiger charge is 2.43. The van der Waals surface area contributed by atoms with Crippen LogP contribution in [-0.2, 0) is 23.1 Å². The van der Waals surface area contributed by atoms with Crippen molar-refractivity contribution in [2.45, 2.75) is 90.4 Å². The van der Waals surface area contributed by atoms with Crippen LogP contribution in [0, 0.1) is 17.2 Å². The molecule has 3 rings (SSSR count). The smallest absolute Gasteiger partial charge is 0.321 e. The first kappa shape index (κ1) is 24.1. The Bertz CT molecular complexity index is 933. The van der Waals surface area contributed by atoms with Crippen LogP contribution in [0.15, 0.2) is 42.5 Å². The van der Waals surface area contributed by atoms with Crippen molar-refractivity contribution in [3.8, 4) is 11.8 Å². The molecule has 0 aromatic heterocycles. The molecule has 0 N–H and O–H groups in total. The van der Waals surface area contributed by atoms with Gasteiger partial charge in [0.1, 0.15) is 11.8 Å². The Balaban J connectivity index is 1.85. The summed E-state index contributed by atoms with van der Waals surface area (Å²) < 4.78 is 5.95. The fourth-order valence-corrected chi connectivity index (χ4v) is 4.76. The van der Waals surface area contributed by atoms with Crippen LogP contribution in [0.2, 0.25) is 0 Å². The molecule has 1 fully saturated rings. The molecule has 1 saturated carbocycles. The van der Waals surface area contributed by atoms with Crippen molar-refractivity contribution < 1.29 is 9.53 Å². The van der Waals surface area contributed by atoms with Gasteiger partial charge in [0, 0.05) is 0 Å². The summed E-state index contributed by atoms with van der Waals surface area (Å²) in [4.78, 5) is 13.6. The SMILES string of the molecule is CCCCc1ccc(C2(C(=O)Oc3ccc(CC(C)CC)cc3C#N)CCCCC2)cc1. The number of carbonyl (C=O) groups is 1. The van der Waals surface area contributed by atoms with Crippen molar-refractivity contribution in [1.29, 1.82) is 5.26 Å². The average Bonchev–Trinajstić information content (AvgIpc) is 2.84. The lowest BCUT2D eigenvalue weighted by Crippen LogP contribution is -2.41. The molecule has 1 aliphatic carbocycles. The maximum atomic E-state index is 13.6. The van der Waals surface area contributed by atoms with E-state index < -0.39 is 5.41 Å². The average molecular weight is 432 g/mol. The van der Waals surface area contributed by atoms with Crippen LogP contribution in [-0.4, -0.2) is 5.97 Å². The molecular formula is C29H37NO2. The molecule has 1 atom stereocenters. The number of benzene rings is 2. The van der Waals surface area contributed by atoms with E-state index in [1.54, 1.807) is 6.07 Å². The van der Waals surface area contributed by atoms with Gasteiger partial charge in [-0.1, -0.05) is 83.2 Å². The van der Waals surface area contributed by atoms with Crippen molar-refractivity contribution >= 4 is 5.97 Å². The fourth-order valence-electron chi connectivity index (χ4n) is 4.76. The third kappa shape index (κ3) is 5.60. The highest BCUT2D eigenvalue weighted by molar-refractivity contribution is 5.85. The van der Waals surface area contributed by atoms with Crippen molar-refractivity contribution in [3.05, 3.63) is 64.7 Å². The van der Waals surface area contributed by atoms with Crippen LogP contribution < -0.4 is 4.74 Å². The van der Waals surface area contributed by atoms with Gasteiger partial charge in [0.15, 0.2) is 0 Å². The largest absolute Gasteiger partial charge is 0.424 e. The normalized spacial score (nSPS) is 16.2. The van der Waals surface area contributed by atoms with E-state index in [-0.39, 0.29) is 5.97 Å². The summed E-state index contributed by atoms with van der Waals surface area (Å²) in [6, 6.07) is 16.5. The summed E-state index contributed by atoms with van der Waals surface area (Å²) in [7, 11) is 0. The molecule has 0 radical (unpaired) electrons. The molecule has 32 heavy (non-hydrogen) atoms. The zero-order valence-electron chi connectivity index (χ0n) is 20.0. The number of hydrogen-bond acceptors (Lipinski definition) is 3. The molecular weight excluding hydrogens is 394 g/mol. The molecule has 1 aliphatic rings. The zero-order valence-corrected chi connectivity index (χ0v) is 20.0. The van der Waals surface area contributed by atoms with Gasteiger partial charge in [0.05, 0.1) is 11.0 Å². The maximum Gasteiger partial charge on any atom is 0.321 e. The van der Waals surface area contributed by atoms with Gasteiger partial charge in [-0.05, 0) is 66.8 Å². The number of rotatable bonds is 9. The van der Waals surface area contributed by atoms with Gasteiger partial charge < -0.3 is 4.74 Å². The lowest BCUT2D eigenvalue weighted by atomic mass is 9.69. The number of unbranched alkanes of at least 4 members (excludes halogenated alkanes) is 1. The van der Waals surface area contributed by atoms with Gasteiger partial charge >= 0.3 is 5.97 Å². The number of hydrogen-bond donors (Lipinski definition) is 0. The minimum Gasteiger partial charge on any atom is -0.424 e. The fraction of sp³-hybridized carbons (Fsp3) is 0.517. The molecule has 0 aliphatic heterocycles. The van der Waals surface area contributed by atoms with E-state index in [1.807, 2.05) is 12.1 Å². The molecule has 0 spiro atoms. The predicted octanol–water partition coefficient (Wildman–Crippen LogP) is 7.30. The number of aryl methyl sites for hydroxylation is 1. The molecule has 3 heteroatoms. The summed E-state index contributed by atoms with van der Waals surface area (Å²) in [5.41, 5.74) is 3.31. The number of esters is 1. The molecule has 2 aromatic rings. The topological polar surface area (TPSA) is 50.1 Å². The van der Waals surface area contributed by atoms with E-state index in [0.717, 1.165) is 62.5 Å². The highest BCUT2D eigenvalue weighted by Crippen LogP contribution is 2.41. The summed E-state index contributed by atoms with van der Waals surface area (Å²) >= 11 is 0. The van der Waals surface area contributed by atoms with Crippen LogP contribution in [0.5, 0.6) is 5.75 Å². The van der Waals surface area contributed by atoms with Gasteiger partial charge in [-0.25, -0.2) is 0 Å². The first-order chi connectivity index (χ1) is 15.5. The van der Waals surface area contributed by atoms with Gasteiger partial charge in [-0.15, -0.1) is 0 Å². The first-order valence-electron chi connectivity index (χ1n) is 12.4. The van der Waals surface area contributed by atoms with E-state index in [1.165, 1.54) is 18.4 Å². The lowest BCUT2D eigenvalue weighted by molar-refractivity contribution is -0.142. The molecule has 0 saturated heterocycles. The van der Waals surface area contributed by atoms with Gasteiger partial charge in [-0.3, -0.25) is 4.79 Å². The van der Waals surface area contributed by atoms with Crippen LogP contribution >= 0.6 is 0 Å². The molecule has 170 valence electrons. The summed E-state index contributed by atoms with van der Waals surface area (Å²) in [5, 5.41) is 9.70. The van der Waals surface area contributed by atoms with E-state index in [4.69, 9.17) is 4.74 Å². The third-order valence-electron chi connectivity index (χ3n) is 7.07. The molecule has 2 aromatic carbocycles. The molecule has 0 heterocycles. The summed E-state index contributed by atoms with van der Waals surface area (Å²) in [6.07, 6.45) is 10.2. The van der Waals surface area contributed by atoms with Crippen LogP contribution in [0.25, 0.3) is 0 Å². The standard InChI is InChI=1S/C29H37NO2/c1-4-6-10-23-11-14-26(15-12-23)29(17-8-7-9-18-29)28(31)32-27-16-13-24(19-22(3)5-2)20-25(27)21-30/h11-16,20,22H,4-10,17-19H2,1-3H3. The Kier molecular flexibility index (Phi) is 8.51. The van der Waals surface area contributed by atoms with Gasteiger partial charge in [0.25, 0.3) is 0 Å². The summed E-state index contributed by atoms with van der Waals surface area (Å²) in [5.74, 6) is 0.723. The van der Waals surface area contributed by atoms with Crippen LogP contribution in [0.3, 0.4) is 0 Å². The van der Waals surface area contributed by atoms with Crippen LogP contribution in [0.1, 0.15) is 94.4 Å². The number of nitrogens with zero attached hydrogens (tertiary/aromatic N) is 1. The van der Waals surface area contributed by atoms with Crippen molar-refractivity contribution in [2.24, 2.45) is 5.92 Å².